The van der Waals surface area contributed by atoms with E-state index in [9.17, 15) is 22.8 Å². The molecule has 110 valence electrons. The van der Waals surface area contributed by atoms with Gasteiger partial charge in [0, 0.05) is 5.56 Å². The Bertz CT molecular complexity index is 502. The van der Waals surface area contributed by atoms with Crippen molar-refractivity contribution in [3.05, 3.63) is 29.8 Å². The monoisotopic (exact) mass is 291 g/mol. The number of carbonyl (C=O) groups excluding carboxylic acids is 1. The molecule has 0 aliphatic rings. The molecule has 0 fully saturated rings. The number of rotatable bonds is 5. The molecule has 0 saturated carbocycles. The van der Waals surface area contributed by atoms with Crippen LogP contribution in [0, 0.1) is 0 Å². The van der Waals surface area contributed by atoms with E-state index in [1.807, 2.05) is 0 Å². The summed E-state index contributed by atoms with van der Waals surface area (Å²) >= 11 is 0. The Hall–Kier alpha value is -2.25. The Morgan fingerprint density at radius 3 is 2.50 bits per heavy atom. The summed E-state index contributed by atoms with van der Waals surface area (Å²) in [7, 11) is 1.34. The summed E-state index contributed by atoms with van der Waals surface area (Å²) < 4.78 is 42.0. The van der Waals surface area contributed by atoms with Crippen LogP contribution in [0.5, 0.6) is 5.75 Å². The lowest BCUT2D eigenvalue weighted by molar-refractivity contribution is -0.149. The number of ether oxygens (including phenoxy) is 1. The number of carbonyl (C=O) groups is 2. The van der Waals surface area contributed by atoms with E-state index in [1.165, 1.54) is 31.4 Å². The number of benzene rings is 1. The Morgan fingerprint density at radius 1 is 1.35 bits per heavy atom. The third-order valence-corrected chi connectivity index (χ3v) is 2.30. The van der Waals surface area contributed by atoms with Crippen molar-refractivity contribution in [2.75, 3.05) is 20.2 Å². The van der Waals surface area contributed by atoms with Crippen LogP contribution >= 0.6 is 0 Å². The van der Waals surface area contributed by atoms with E-state index in [4.69, 9.17) is 9.84 Å². The Morgan fingerprint density at radius 2 is 2.00 bits per heavy atom. The van der Waals surface area contributed by atoms with Crippen molar-refractivity contribution >= 4 is 11.9 Å². The Balaban J connectivity index is 2.99. The predicted molar refractivity (Wildman–Crippen MR) is 62.6 cm³/mol. The number of amides is 1. The molecule has 5 nitrogen and oxygen atoms in total. The number of carboxylic acids is 1. The van der Waals surface area contributed by atoms with Crippen molar-refractivity contribution < 1.29 is 32.6 Å². The summed E-state index contributed by atoms with van der Waals surface area (Å²) in [4.78, 5) is 22.7. The standard InChI is InChI=1S/C12H12F3NO4/c1-20-9-4-2-3-8(5-9)11(19)16(6-10(17)18)7-12(13,14)15/h2-5H,6-7H2,1H3,(H,17,18). The molecule has 0 bridgehead atoms. The molecule has 1 amide bonds. The largest absolute Gasteiger partial charge is 0.497 e. The number of hydrogen-bond acceptors (Lipinski definition) is 3. The molecule has 0 unspecified atom stereocenters. The second kappa shape index (κ2) is 6.27. The van der Waals surface area contributed by atoms with E-state index in [0.717, 1.165) is 0 Å². The van der Waals surface area contributed by atoms with Crippen LogP contribution in [0.3, 0.4) is 0 Å². The van der Waals surface area contributed by atoms with Crippen LogP contribution in [0.15, 0.2) is 24.3 Å². The first-order chi connectivity index (χ1) is 9.23. The van der Waals surface area contributed by atoms with Crippen LogP contribution in [0.2, 0.25) is 0 Å². The van der Waals surface area contributed by atoms with Gasteiger partial charge in [-0.3, -0.25) is 9.59 Å². The molecule has 1 aromatic rings. The summed E-state index contributed by atoms with van der Waals surface area (Å²) in [5.74, 6) is -2.26. The normalized spacial score (nSPS) is 11.0. The van der Waals surface area contributed by atoms with Crippen molar-refractivity contribution in [1.82, 2.24) is 4.90 Å². The van der Waals surface area contributed by atoms with E-state index < -0.39 is 31.1 Å². The van der Waals surface area contributed by atoms with Gasteiger partial charge in [-0.2, -0.15) is 13.2 Å². The van der Waals surface area contributed by atoms with E-state index >= 15 is 0 Å². The van der Waals surface area contributed by atoms with E-state index in [-0.39, 0.29) is 16.2 Å². The van der Waals surface area contributed by atoms with Gasteiger partial charge in [-0.25, -0.2) is 0 Å². The highest BCUT2D eigenvalue weighted by Gasteiger charge is 2.34. The summed E-state index contributed by atoms with van der Waals surface area (Å²) in [6, 6.07) is 5.48. The Kier molecular flexibility index (Phi) is 4.95. The highest BCUT2D eigenvalue weighted by atomic mass is 19.4. The summed E-state index contributed by atoms with van der Waals surface area (Å²) in [6.45, 7) is -2.66. The molecule has 0 aliphatic carbocycles. The number of nitrogens with zero attached hydrogens (tertiary/aromatic N) is 1. The molecule has 0 spiro atoms. The van der Waals surface area contributed by atoms with Crippen LogP contribution in [0.4, 0.5) is 13.2 Å². The molecule has 8 heteroatoms. The van der Waals surface area contributed by atoms with Gasteiger partial charge < -0.3 is 14.7 Å². The summed E-state index contributed by atoms with van der Waals surface area (Å²) in [6.07, 6.45) is -4.68. The number of methoxy groups -OCH3 is 1. The quantitative estimate of drug-likeness (QED) is 0.898. The maximum atomic E-state index is 12.4. The average molecular weight is 291 g/mol. The van der Waals surface area contributed by atoms with Gasteiger partial charge in [-0.1, -0.05) is 6.07 Å². The van der Waals surface area contributed by atoms with E-state index in [1.54, 1.807) is 0 Å². The van der Waals surface area contributed by atoms with Crippen LogP contribution in [0.1, 0.15) is 10.4 Å². The minimum atomic E-state index is -4.68. The minimum absolute atomic E-state index is 0.0742. The lowest BCUT2D eigenvalue weighted by atomic mass is 10.2. The zero-order chi connectivity index (χ0) is 15.3. The third kappa shape index (κ3) is 4.79. The number of aliphatic carboxylic acids is 1. The zero-order valence-corrected chi connectivity index (χ0v) is 10.5. The van der Waals surface area contributed by atoms with Gasteiger partial charge >= 0.3 is 12.1 Å². The molecular weight excluding hydrogens is 279 g/mol. The summed E-state index contributed by atoms with van der Waals surface area (Å²) in [5.41, 5.74) is -0.0742. The average Bonchev–Trinajstić information content (AvgIpc) is 2.35. The summed E-state index contributed by atoms with van der Waals surface area (Å²) in [5, 5.41) is 8.59. The molecular formula is C12H12F3NO4. The molecule has 0 atom stereocenters. The van der Waals surface area contributed by atoms with Gasteiger partial charge in [0.2, 0.25) is 0 Å². The molecule has 1 N–H and O–H groups in total. The van der Waals surface area contributed by atoms with Gasteiger partial charge in [0.25, 0.3) is 5.91 Å². The molecule has 0 aliphatic heterocycles. The third-order valence-electron chi connectivity index (χ3n) is 2.30. The first-order valence-electron chi connectivity index (χ1n) is 5.45. The van der Waals surface area contributed by atoms with E-state index in [0.29, 0.717) is 0 Å². The SMILES string of the molecule is COc1cccc(C(=O)N(CC(=O)O)CC(F)(F)F)c1. The number of carboxylic acid groups (broad SMARTS) is 1. The van der Waals surface area contributed by atoms with Crippen LogP contribution in [-0.2, 0) is 4.79 Å². The van der Waals surface area contributed by atoms with E-state index in [2.05, 4.69) is 0 Å². The number of alkyl halides is 3. The fourth-order valence-corrected chi connectivity index (χ4v) is 1.52. The van der Waals surface area contributed by atoms with Crippen LogP contribution < -0.4 is 4.74 Å². The minimum Gasteiger partial charge on any atom is -0.497 e. The molecule has 1 rings (SSSR count). The van der Waals surface area contributed by atoms with Gasteiger partial charge in [0.1, 0.15) is 18.8 Å². The second-order valence-corrected chi connectivity index (χ2v) is 3.90. The van der Waals surface area contributed by atoms with Crippen LogP contribution in [0.25, 0.3) is 0 Å². The molecule has 0 radical (unpaired) electrons. The van der Waals surface area contributed by atoms with Crippen molar-refractivity contribution in [3.63, 3.8) is 0 Å². The fraction of sp³-hybridized carbons (Fsp3) is 0.333. The van der Waals surface area contributed by atoms with Gasteiger partial charge in [0.05, 0.1) is 7.11 Å². The van der Waals surface area contributed by atoms with Crippen molar-refractivity contribution in [1.29, 1.82) is 0 Å². The highest BCUT2D eigenvalue weighted by molar-refractivity contribution is 5.96. The molecule has 0 saturated heterocycles. The smallest absolute Gasteiger partial charge is 0.406 e. The first kappa shape index (κ1) is 15.8. The zero-order valence-electron chi connectivity index (χ0n) is 10.5. The molecule has 0 heterocycles. The fourth-order valence-electron chi connectivity index (χ4n) is 1.52. The number of halogens is 3. The Labute approximate surface area is 112 Å². The second-order valence-electron chi connectivity index (χ2n) is 3.90. The van der Waals surface area contributed by atoms with Crippen molar-refractivity contribution in [2.24, 2.45) is 0 Å². The van der Waals surface area contributed by atoms with Gasteiger partial charge in [-0.05, 0) is 18.2 Å². The maximum absolute atomic E-state index is 12.4. The highest BCUT2D eigenvalue weighted by Crippen LogP contribution is 2.19. The van der Waals surface area contributed by atoms with Gasteiger partial charge in [0.15, 0.2) is 0 Å². The first-order valence-corrected chi connectivity index (χ1v) is 5.45. The van der Waals surface area contributed by atoms with Crippen molar-refractivity contribution in [2.45, 2.75) is 6.18 Å². The topological polar surface area (TPSA) is 66.8 Å². The molecule has 1 aromatic carbocycles. The lowest BCUT2D eigenvalue weighted by Gasteiger charge is -2.22. The molecule has 20 heavy (non-hydrogen) atoms. The predicted octanol–water partition coefficient (Wildman–Crippen LogP) is 1.78. The lowest BCUT2D eigenvalue weighted by Crippen LogP contribution is -2.42. The van der Waals surface area contributed by atoms with Gasteiger partial charge in [-0.15, -0.1) is 0 Å². The van der Waals surface area contributed by atoms with Crippen LogP contribution in [-0.4, -0.2) is 48.3 Å². The number of hydrogen-bond donors (Lipinski definition) is 1. The molecule has 0 aromatic heterocycles. The van der Waals surface area contributed by atoms with Crippen molar-refractivity contribution in [3.8, 4) is 5.75 Å². The maximum Gasteiger partial charge on any atom is 0.406 e.